The normalized spacial score (nSPS) is 12.4. The lowest BCUT2D eigenvalue weighted by Gasteiger charge is -2.10. The van der Waals surface area contributed by atoms with Gasteiger partial charge in [-0.15, -0.1) is 21.5 Å². The zero-order valence-electron chi connectivity index (χ0n) is 14.2. The van der Waals surface area contributed by atoms with Gasteiger partial charge in [-0.1, -0.05) is 5.16 Å². The third-order valence-corrected chi connectivity index (χ3v) is 5.40. The van der Waals surface area contributed by atoms with Crippen LogP contribution >= 0.6 is 24.0 Å². The second-order valence-corrected chi connectivity index (χ2v) is 7.14. The van der Waals surface area contributed by atoms with Gasteiger partial charge in [-0.3, -0.25) is 4.98 Å². The van der Waals surface area contributed by atoms with Crippen LogP contribution in [0.25, 0.3) is 22.2 Å². The molecule has 1 unspecified atom stereocenters. The molecule has 0 N–H and O–H groups in total. The van der Waals surface area contributed by atoms with E-state index in [0.717, 1.165) is 16.3 Å². The Hall–Kier alpha value is -2.52. The highest BCUT2D eigenvalue weighted by Crippen LogP contribution is 2.31. The van der Waals surface area contributed by atoms with Crippen molar-refractivity contribution < 1.29 is 4.52 Å². The fraction of sp³-hybridized carbons (Fsp3) is 0.235. The lowest BCUT2D eigenvalue weighted by atomic mass is 10.2. The van der Waals surface area contributed by atoms with Crippen LogP contribution in [0.15, 0.2) is 40.5 Å². The second kappa shape index (κ2) is 7.00. The van der Waals surface area contributed by atoms with Crippen molar-refractivity contribution in [1.82, 2.24) is 29.9 Å². The van der Waals surface area contributed by atoms with E-state index in [-0.39, 0.29) is 0 Å². The Labute approximate surface area is 159 Å². The van der Waals surface area contributed by atoms with Gasteiger partial charge in [0.25, 0.3) is 5.89 Å². The Morgan fingerprint density at radius 3 is 2.77 bits per heavy atom. The highest BCUT2D eigenvalue weighted by Gasteiger charge is 2.25. The van der Waals surface area contributed by atoms with Gasteiger partial charge in [0, 0.05) is 24.5 Å². The molecule has 0 aliphatic heterocycles. The van der Waals surface area contributed by atoms with Crippen LogP contribution in [0.4, 0.5) is 0 Å². The summed E-state index contributed by atoms with van der Waals surface area (Å²) in [6.07, 6.45) is 3.46. The van der Waals surface area contributed by atoms with E-state index < -0.39 is 5.25 Å². The maximum absolute atomic E-state index is 5.41. The standard InChI is InChI=1S/C17H16N6OS2/c1-3-23-15(11-4-6-18-7-5-11)20-21-16(23)13(25)14-19-17(24-22-14)12-8-10(2)9-26-12/h4-9,13,25H,3H2,1-2H3. The van der Waals surface area contributed by atoms with Crippen molar-refractivity contribution in [2.45, 2.75) is 25.6 Å². The predicted molar refractivity (Wildman–Crippen MR) is 102 cm³/mol. The first-order valence-electron chi connectivity index (χ1n) is 8.08. The smallest absolute Gasteiger partial charge is 0.268 e. The molecule has 0 amide bonds. The first-order valence-corrected chi connectivity index (χ1v) is 9.47. The van der Waals surface area contributed by atoms with E-state index in [2.05, 4.69) is 38.0 Å². The van der Waals surface area contributed by atoms with Gasteiger partial charge in [0.2, 0.25) is 0 Å². The number of aromatic nitrogens is 6. The molecular formula is C17H16N6OS2. The Balaban J connectivity index is 1.68. The van der Waals surface area contributed by atoms with Crippen LogP contribution in [0.3, 0.4) is 0 Å². The number of pyridine rings is 1. The number of aryl methyl sites for hydroxylation is 1. The van der Waals surface area contributed by atoms with Crippen molar-refractivity contribution in [2.75, 3.05) is 0 Å². The molecule has 0 aliphatic rings. The van der Waals surface area contributed by atoms with Gasteiger partial charge in [0.1, 0.15) is 5.25 Å². The number of hydrogen-bond donors (Lipinski definition) is 1. The summed E-state index contributed by atoms with van der Waals surface area (Å²) in [6.45, 7) is 4.77. The monoisotopic (exact) mass is 384 g/mol. The maximum atomic E-state index is 5.41. The molecule has 26 heavy (non-hydrogen) atoms. The van der Waals surface area contributed by atoms with Crippen LogP contribution in [0.2, 0.25) is 0 Å². The van der Waals surface area contributed by atoms with Crippen molar-refractivity contribution in [2.24, 2.45) is 0 Å². The van der Waals surface area contributed by atoms with Gasteiger partial charge < -0.3 is 9.09 Å². The molecule has 0 fully saturated rings. The largest absolute Gasteiger partial charge is 0.333 e. The van der Waals surface area contributed by atoms with Gasteiger partial charge >= 0.3 is 0 Å². The Morgan fingerprint density at radius 1 is 1.27 bits per heavy atom. The van der Waals surface area contributed by atoms with Gasteiger partial charge in [-0.25, -0.2) is 0 Å². The maximum Gasteiger partial charge on any atom is 0.268 e. The van der Waals surface area contributed by atoms with Crippen LogP contribution < -0.4 is 0 Å². The van der Waals surface area contributed by atoms with E-state index in [1.165, 1.54) is 5.56 Å². The highest BCUT2D eigenvalue weighted by molar-refractivity contribution is 7.80. The first kappa shape index (κ1) is 16.9. The zero-order valence-corrected chi connectivity index (χ0v) is 15.9. The molecule has 132 valence electrons. The summed E-state index contributed by atoms with van der Waals surface area (Å²) in [6, 6.07) is 5.82. The van der Waals surface area contributed by atoms with Crippen molar-refractivity contribution in [3.63, 3.8) is 0 Å². The van der Waals surface area contributed by atoms with E-state index in [4.69, 9.17) is 4.52 Å². The minimum Gasteiger partial charge on any atom is -0.333 e. The molecule has 0 aliphatic carbocycles. The van der Waals surface area contributed by atoms with E-state index in [0.29, 0.717) is 24.1 Å². The minimum atomic E-state index is -0.434. The summed E-state index contributed by atoms with van der Waals surface area (Å²) >= 11 is 6.24. The average Bonchev–Trinajstić information content (AvgIpc) is 3.40. The molecular weight excluding hydrogens is 368 g/mol. The lowest BCUT2D eigenvalue weighted by Crippen LogP contribution is -2.08. The fourth-order valence-electron chi connectivity index (χ4n) is 2.65. The molecule has 1 atom stereocenters. The molecule has 0 aromatic carbocycles. The molecule has 9 heteroatoms. The third kappa shape index (κ3) is 3.04. The molecule has 0 spiro atoms. The molecule has 4 rings (SSSR count). The highest BCUT2D eigenvalue weighted by atomic mass is 32.1. The van der Waals surface area contributed by atoms with Crippen molar-refractivity contribution in [3.05, 3.63) is 53.2 Å². The topological polar surface area (TPSA) is 82.5 Å². The summed E-state index contributed by atoms with van der Waals surface area (Å²) in [5.74, 6) is 2.41. The van der Waals surface area contributed by atoms with Crippen molar-refractivity contribution in [1.29, 1.82) is 0 Å². The Bertz CT molecular complexity index is 1020. The molecule has 4 aromatic rings. The van der Waals surface area contributed by atoms with Crippen LogP contribution in [0.1, 0.15) is 29.4 Å². The van der Waals surface area contributed by atoms with E-state index in [9.17, 15) is 0 Å². The van der Waals surface area contributed by atoms with E-state index >= 15 is 0 Å². The Morgan fingerprint density at radius 2 is 2.08 bits per heavy atom. The van der Waals surface area contributed by atoms with Gasteiger partial charge in [0.05, 0.1) is 4.88 Å². The van der Waals surface area contributed by atoms with Gasteiger partial charge in [0.15, 0.2) is 17.5 Å². The summed E-state index contributed by atoms with van der Waals surface area (Å²) in [5.41, 5.74) is 2.11. The fourth-order valence-corrected chi connectivity index (χ4v) is 3.76. The van der Waals surface area contributed by atoms with Crippen LogP contribution in [0.5, 0.6) is 0 Å². The Kier molecular flexibility index (Phi) is 4.56. The number of nitrogens with zero attached hydrogens (tertiary/aromatic N) is 6. The van der Waals surface area contributed by atoms with Gasteiger partial charge in [-0.2, -0.15) is 17.6 Å². The van der Waals surface area contributed by atoms with Crippen LogP contribution in [-0.4, -0.2) is 29.9 Å². The first-order chi connectivity index (χ1) is 12.7. The summed E-state index contributed by atoms with van der Waals surface area (Å²) in [4.78, 5) is 9.48. The summed E-state index contributed by atoms with van der Waals surface area (Å²) < 4.78 is 7.40. The zero-order chi connectivity index (χ0) is 18.1. The number of rotatable bonds is 5. The van der Waals surface area contributed by atoms with E-state index in [1.807, 2.05) is 42.0 Å². The molecule has 0 saturated heterocycles. The molecule has 4 aromatic heterocycles. The summed E-state index contributed by atoms with van der Waals surface area (Å²) in [7, 11) is 0. The molecule has 7 nitrogen and oxygen atoms in total. The molecule has 4 heterocycles. The molecule has 0 radical (unpaired) electrons. The van der Waals surface area contributed by atoms with E-state index in [1.54, 1.807) is 23.7 Å². The van der Waals surface area contributed by atoms with Crippen molar-refractivity contribution >= 4 is 24.0 Å². The number of hydrogen-bond acceptors (Lipinski definition) is 8. The number of thiol groups is 1. The summed E-state index contributed by atoms with van der Waals surface area (Å²) in [5, 5.41) is 14.3. The SMILES string of the molecule is CCn1c(-c2ccncc2)nnc1C(S)c1noc(-c2cc(C)cs2)n1. The van der Waals surface area contributed by atoms with Crippen LogP contribution in [-0.2, 0) is 6.54 Å². The minimum absolute atomic E-state index is 0.434. The average molecular weight is 384 g/mol. The number of thiophene rings is 1. The third-order valence-electron chi connectivity index (χ3n) is 3.91. The van der Waals surface area contributed by atoms with Crippen LogP contribution in [0, 0.1) is 6.92 Å². The van der Waals surface area contributed by atoms with Gasteiger partial charge in [-0.05, 0) is 43.0 Å². The second-order valence-electron chi connectivity index (χ2n) is 5.71. The molecule has 0 saturated carbocycles. The van der Waals surface area contributed by atoms with Crippen molar-refractivity contribution in [3.8, 4) is 22.2 Å². The predicted octanol–water partition coefficient (Wildman–Crippen LogP) is 3.80. The molecule has 0 bridgehead atoms. The quantitative estimate of drug-likeness (QED) is 0.527. The lowest BCUT2D eigenvalue weighted by molar-refractivity contribution is 0.423.